The highest BCUT2D eigenvalue weighted by molar-refractivity contribution is 5.99. The number of carbonyl (C=O) groups excluding carboxylic acids is 2. The van der Waals surface area contributed by atoms with Crippen LogP contribution in [0.4, 0.5) is 13.2 Å². The van der Waals surface area contributed by atoms with E-state index in [1.807, 2.05) is 13.8 Å². The first-order chi connectivity index (χ1) is 16.4. The van der Waals surface area contributed by atoms with Crippen molar-refractivity contribution < 1.29 is 27.5 Å². The van der Waals surface area contributed by atoms with Gasteiger partial charge in [-0.2, -0.15) is 0 Å². The molecule has 3 rings (SSSR count). The van der Waals surface area contributed by atoms with E-state index < -0.39 is 29.4 Å². The molecule has 2 amide bonds. The van der Waals surface area contributed by atoms with E-state index in [1.54, 1.807) is 11.6 Å². The largest absolute Gasteiger partial charge is 0.573 e. The number of hydrogen-bond donors (Lipinski definition) is 1. The fraction of sp³-hybridized carbons (Fsp3) is 0.480. The summed E-state index contributed by atoms with van der Waals surface area (Å²) in [5, 5.41) is 2.58. The lowest BCUT2D eigenvalue weighted by molar-refractivity contribution is -0.274. The van der Waals surface area contributed by atoms with Gasteiger partial charge in [0.05, 0.1) is 0 Å². The molecule has 0 unspecified atom stereocenters. The Balaban J connectivity index is 1.86. The van der Waals surface area contributed by atoms with E-state index in [4.69, 9.17) is 0 Å². The predicted octanol–water partition coefficient (Wildman–Crippen LogP) is 4.52. The topological polar surface area (TPSA) is 80.6 Å². The van der Waals surface area contributed by atoms with Crippen LogP contribution in [0.2, 0.25) is 0 Å². The van der Waals surface area contributed by atoms with Gasteiger partial charge < -0.3 is 19.5 Å². The molecule has 1 fully saturated rings. The molecule has 1 aliphatic carbocycles. The van der Waals surface area contributed by atoms with Crippen molar-refractivity contribution in [2.24, 2.45) is 5.92 Å². The Labute approximate surface area is 201 Å². The second-order valence-corrected chi connectivity index (χ2v) is 9.26. The smallest absolute Gasteiger partial charge is 0.406 e. The van der Waals surface area contributed by atoms with Crippen LogP contribution in [0.25, 0.3) is 0 Å². The summed E-state index contributed by atoms with van der Waals surface area (Å²) in [6.07, 6.45) is 1.97. The van der Waals surface area contributed by atoms with Crippen molar-refractivity contribution >= 4 is 11.8 Å². The lowest BCUT2D eigenvalue weighted by Crippen LogP contribution is -2.37. The molecule has 0 saturated heterocycles. The third kappa shape index (κ3) is 7.10. The number of nitrogens with zero attached hydrogens (tertiary/aromatic N) is 2. The molecule has 10 heteroatoms. The summed E-state index contributed by atoms with van der Waals surface area (Å²) in [5.74, 6) is -1.37. The monoisotopic (exact) mass is 493 g/mol. The van der Waals surface area contributed by atoms with Gasteiger partial charge in [-0.3, -0.25) is 14.4 Å². The molecule has 190 valence electrons. The third-order valence-electron chi connectivity index (χ3n) is 5.84. The summed E-state index contributed by atoms with van der Waals surface area (Å²) in [4.78, 5) is 40.7. The van der Waals surface area contributed by atoms with Gasteiger partial charge in [-0.1, -0.05) is 38.8 Å². The molecular formula is C25H30F3N3O4. The number of alkyl halides is 3. The van der Waals surface area contributed by atoms with Crippen molar-refractivity contribution in [3.8, 4) is 5.75 Å². The molecule has 0 bridgehead atoms. The van der Waals surface area contributed by atoms with Crippen molar-refractivity contribution in [1.82, 2.24) is 14.8 Å². The van der Waals surface area contributed by atoms with E-state index in [2.05, 4.69) is 10.1 Å². The van der Waals surface area contributed by atoms with Gasteiger partial charge in [0.2, 0.25) is 5.43 Å². The van der Waals surface area contributed by atoms with Crippen LogP contribution >= 0.6 is 0 Å². The van der Waals surface area contributed by atoms with Crippen LogP contribution in [0.3, 0.4) is 0 Å². The van der Waals surface area contributed by atoms with Crippen molar-refractivity contribution in [2.75, 3.05) is 13.6 Å². The lowest BCUT2D eigenvalue weighted by Gasteiger charge is -2.22. The Morgan fingerprint density at radius 3 is 2.46 bits per heavy atom. The van der Waals surface area contributed by atoms with E-state index in [9.17, 15) is 27.6 Å². The zero-order chi connectivity index (χ0) is 25.8. The van der Waals surface area contributed by atoms with Crippen LogP contribution in [0, 0.1) is 5.92 Å². The van der Waals surface area contributed by atoms with E-state index in [1.165, 1.54) is 29.4 Å². The number of pyridine rings is 1. The Morgan fingerprint density at radius 1 is 1.17 bits per heavy atom. The summed E-state index contributed by atoms with van der Waals surface area (Å²) in [6, 6.07) is 5.30. The fourth-order valence-electron chi connectivity index (χ4n) is 4.29. The Bertz CT molecular complexity index is 1120. The summed E-state index contributed by atoms with van der Waals surface area (Å²) >= 11 is 0. The number of nitrogens with one attached hydrogen (secondary N) is 1. The average Bonchev–Trinajstić information content (AvgIpc) is 3.31. The number of benzene rings is 1. The second kappa shape index (κ2) is 11.0. The molecule has 1 saturated carbocycles. The molecule has 35 heavy (non-hydrogen) atoms. The highest BCUT2D eigenvalue weighted by atomic mass is 19.4. The third-order valence-corrected chi connectivity index (χ3v) is 5.84. The minimum absolute atomic E-state index is 0.0757. The van der Waals surface area contributed by atoms with E-state index >= 15 is 0 Å². The molecule has 0 aliphatic heterocycles. The van der Waals surface area contributed by atoms with Crippen LogP contribution < -0.4 is 15.5 Å². The lowest BCUT2D eigenvalue weighted by atomic mass is 10.1. The van der Waals surface area contributed by atoms with Gasteiger partial charge in [-0.25, -0.2) is 0 Å². The zero-order valence-electron chi connectivity index (χ0n) is 20.0. The van der Waals surface area contributed by atoms with Crippen molar-refractivity contribution in [3.05, 3.63) is 63.6 Å². The number of rotatable bonds is 8. The van der Waals surface area contributed by atoms with Gasteiger partial charge in [-0.15, -0.1) is 13.2 Å². The second-order valence-electron chi connectivity index (χ2n) is 9.26. The van der Waals surface area contributed by atoms with Crippen molar-refractivity contribution in [3.63, 3.8) is 0 Å². The van der Waals surface area contributed by atoms with Gasteiger partial charge >= 0.3 is 6.36 Å². The maximum atomic E-state index is 13.2. The fourth-order valence-corrected chi connectivity index (χ4v) is 4.29. The minimum Gasteiger partial charge on any atom is -0.406 e. The summed E-state index contributed by atoms with van der Waals surface area (Å²) in [5.41, 5.74) is -0.566. The molecule has 0 radical (unpaired) electrons. The van der Waals surface area contributed by atoms with Gasteiger partial charge in [-0.05, 0) is 36.5 Å². The summed E-state index contributed by atoms with van der Waals surface area (Å²) in [7, 11) is 1.62. The molecular weight excluding hydrogens is 463 g/mol. The molecule has 1 aromatic heterocycles. The van der Waals surface area contributed by atoms with E-state index in [0.717, 1.165) is 37.8 Å². The van der Waals surface area contributed by atoms with Gasteiger partial charge in [0.15, 0.2) is 0 Å². The van der Waals surface area contributed by atoms with Gasteiger partial charge in [0.25, 0.3) is 11.8 Å². The molecule has 1 N–H and O–H groups in total. The van der Waals surface area contributed by atoms with Gasteiger partial charge in [0, 0.05) is 38.6 Å². The summed E-state index contributed by atoms with van der Waals surface area (Å²) in [6.45, 7) is 4.25. The number of aromatic nitrogens is 1. The van der Waals surface area contributed by atoms with Crippen molar-refractivity contribution in [2.45, 2.75) is 58.5 Å². The van der Waals surface area contributed by atoms with Crippen LogP contribution in [0.15, 0.2) is 41.5 Å². The normalized spacial score (nSPS) is 14.3. The predicted molar refractivity (Wildman–Crippen MR) is 124 cm³/mol. The van der Waals surface area contributed by atoms with Crippen LogP contribution in [0.1, 0.15) is 71.9 Å². The molecule has 2 aromatic rings. The van der Waals surface area contributed by atoms with Crippen LogP contribution in [-0.2, 0) is 6.54 Å². The quantitative estimate of drug-likeness (QED) is 0.587. The SMILES string of the molecule is CC(C)CN(C)C(=O)c1cn(C2CCCC2)cc(C(=O)NCc2cccc(OC(F)(F)F)c2)c1=O. The average molecular weight is 494 g/mol. The number of amides is 2. The molecule has 0 spiro atoms. The highest BCUT2D eigenvalue weighted by Gasteiger charge is 2.31. The highest BCUT2D eigenvalue weighted by Crippen LogP contribution is 2.29. The Hall–Kier alpha value is -3.30. The van der Waals surface area contributed by atoms with E-state index in [0.29, 0.717) is 12.1 Å². The Kier molecular flexibility index (Phi) is 8.24. The molecule has 7 nitrogen and oxygen atoms in total. The molecule has 1 aromatic carbocycles. The van der Waals surface area contributed by atoms with Gasteiger partial charge in [0.1, 0.15) is 16.9 Å². The number of carbonyl (C=O) groups is 2. The molecule has 1 aliphatic rings. The Morgan fingerprint density at radius 2 is 1.83 bits per heavy atom. The summed E-state index contributed by atoms with van der Waals surface area (Å²) < 4.78 is 43.1. The molecule has 1 heterocycles. The maximum absolute atomic E-state index is 13.2. The molecule has 0 atom stereocenters. The van der Waals surface area contributed by atoms with Crippen LogP contribution in [0.5, 0.6) is 5.75 Å². The number of ether oxygens (including phenoxy) is 1. The first kappa shape index (κ1) is 26.3. The van der Waals surface area contributed by atoms with Crippen LogP contribution in [-0.4, -0.2) is 41.2 Å². The maximum Gasteiger partial charge on any atom is 0.573 e. The number of halogens is 3. The van der Waals surface area contributed by atoms with Crippen molar-refractivity contribution in [1.29, 1.82) is 0 Å². The number of hydrogen-bond acceptors (Lipinski definition) is 4. The minimum atomic E-state index is -4.83. The zero-order valence-corrected chi connectivity index (χ0v) is 20.0. The first-order valence-electron chi connectivity index (χ1n) is 11.6. The van der Waals surface area contributed by atoms with E-state index in [-0.39, 0.29) is 29.6 Å². The first-order valence-corrected chi connectivity index (χ1v) is 11.6. The standard InChI is InChI=1S/C25H30F3N3O4/c1-16(2)13-30(3)24(34)21-15-31(18-8-4-5-9-18)14-20(22(21)32)23(33)29-12-17-7-6-10-19(11-17)35-25(26,27)28/h6-7,10-11,14-16,18H,4-5,8-9,12-13H2,1-3H3,(H,29,33).